The number of carboxylic acids is 1. The van der Waals surface area contributed by atoms with Crippen molar-refractivity contribution in [2.45, 2.75) is 13.0 Å². The van der Waals surface area contributed by atoms with Gasteiger partial charge in [0.15, 0.2) is 0 Å². The molecule has 1 fully saturated rings. The van der Waals surface area contributed by atoms with Gasteiger partial charge in [0.25, 0.3) is 5.91 Å². The van der Waals surface area contributed by atoms with Crippen LogP contribution in [0.15, 0.2) is 50.2 Å². The molecule has 0 saturated carbocycles. The fourth-order valence-corrected chi connectivity index (χ4v) is 3.91. The highest BCUT2D eigenvalue weighted by atomic mass is 79.9. The Morgan fingerprint density at radius 1 is 1.32 bits per heavy atom. The molecular weight excluding hydrogens is 426 g/mol. The molecule has 0 aliphatic carbocycles. The van der Waals surface area contributed by atoms with Gasteiger partial charge in [-0.25, -0.2) is 0 Å². The summed E-state index contributed by atoms with van der Waals surface area (Å²) in [6, 6.07) is 10.1. The Kier molecular flexibility index (Phi) is 5.12. The number of rotatable bonds is 4. The fraction of sp³-hybridized carbons (Fsp3) is 0.118. The van der Waals surface area contributed by atoms with Gasteiger partial charge in [-0.15, -0.1) is 0 Å². The van der Waals surface area contributed by atoms with Crippen LogP contribution < -0.4 is 5.11 Å². The largest absolute Gasteiger partial charge is 0.548 e. The lowest BCUT2D eigenvalue weighted by Crippen LogP contribution is -2.48. The number of thiocarbonyl (C=S) groups is 1. The smallest absolute Gasteiger partial charge is 0.266 e. The molecule has 25 heavy (non-hydrogen) atoms. The molecule has 0 N–H and O–H groups in total. The Balaban J connectivity index is 1.84. The van der Waals surface area contributed by atoms with E-state index in [4.69, 9.17) is 16.6 Å². The molecule has 5 nitrogen and oxygen atoms in total. The third-order valence-corrected chi connectivity index (χ3v) is 5.44. The van der Waals surface area contributed by atoms with E-state index in [-0.39, 0.29) is 4.32 Å². The van der Waals surface area contributed by atoms with Crippen LogP contribution in [0.25, 0.3) is 17.4 Å². The van der Waals surface area contributed by atoms with E-state index < -0.39 is 17.9 Å². The lowest BCUT2D eigenvalue weighted by atomic mass is 10.2. The normalized spacial score (nSPS) is 17.4. The topological polar surface area (TPSA) is 73.6 Å². The van der Waals surface area contributed by atoms with Gasteiger partial charge in [-0.1, -0.05) is 52.0 Å². The van der Waals surface area contributed by atoms with E-state index in [1.54, 1.807) is 18.2 Å². The second kappa shape index (κ2) is 7.15. The summed E-state index contributed by atoms with van der Waals surface area (Å²) >= 11 is 9.52. The van der Waals surface area contributed by atoms with Crippen LogP contribution in [0.2, 0.25) is 0 Å². The van der Waals surface area contributed by atoms with Crippen molar-refractivity contribution in [2.75, 3.05) is 0 Å². The van der Waals surface area contributed by atoms with Crippen molar-refractivity contribution in [2.24, 2.45) is 0 Å². The predicted molar refractivity (Wildman–Crippen MR) is 101 cm³/mol. The zero-order valence-corrected chi connectivity index (χ0v) is 16.1. The van der Waals surface area contributed by atoms with Crippen molar-refractivity contribution in [3.8, 4) is 11.3 Å². The van der Waals surface area contributed by atoms with Crippen LogP contribution in [0.1, 0.15) is 12.7 Å². The monoisotopic (exact) mass is 436 g/mol. The van der Waals surface area contributed by atoms with Crippen molar-refractivity contribution in [3.05, 3.63) is 51.5 Å². The summed E-state index contributed by atoms with van der Waals surface area (Å²) in [5.74, 6) is -0.668. The zero-order valence-electron chi connectivity index (χ0n) is 12.9. The summed E-state index contributed by atoms with van der Waals surface area (Å²) in [6.45, 7) is 1.36. The number of hydrogen-bond acceptors (Lipinski definition) is 6. The minimum Gasteiger partial charge on any atom is -0.548 e. The molecule has 0 bridgehead atoms. The molecule has 1 aliphatic rings. The Bertz CT molecular complexity index is 888. The summed E-state index contributed by atoms with van der Waals surface area (Å²) in [4.78, 5) is 24.8. The van der Waals surface area contributed by atoms with E-state index >= 15 is 0 Å². The third-order valence-electron chi connectivity index (χ3n) is 3.58. The van der Waals surface area contributed by atoms with Gasteiger partial charge in [-0.05, 0) is 31.2 Å². The van der Waals surface area contributed by atoms with E-state index in [1.165, 1.54) is 6.92 Å². The van der Waals surface area contributed by atoms with Gasteiger partial charge in [0.2, 0.25) is 0 Å². The number of nitrogens with zero attached hydrogens (tertiary/aromatic N) is 1. The summed E-state index contributed by atoms with van der Waals surface area (Å²) in [6.07, 6.45) is 1.56. The number of hydrogen-bond donors (Lipinski definition) is 0. The van der Waals surface area contributed by atoms with E-state index in [2.05, 4.69) is 15.9 Å². The molecule has 1 aromatic carbocycles. The first-order chi connectivity index (χ1) is 11.9. The van der Waals surface area contributed by atoms with Gasteiger partial charge < -0.3 is 14.3 Å². The van der Waals surface area contributed by atoms with Gasteiger partial charge in [-0.2, -0.15) is 0 Å². The Morgan fingerprint density at radius 2 is 2.00 bits per heavy atom. The molecule has 1 amide bonds. The lowest BCUT2D eigenvalue weighted by molar-refractivity contribution is -0.309. The van der Waals surface area contributed by atoms with Gasteiger partial charge >= 0.3 is 0 Å². The number of carbonyl (C=O) groups excluding carboxylic acids is 2. The van der Waals surface area contributed by atoms with E-state index in [0.29, 0.717) is 16.4 Å². The van der Waals surface area contributed by atoms with Gasteiger partial charge in [0, 0.05) is 16.1 Å². The molecule has 1 saturated heterocycles. The molecule has 8 heteroatoms. The highest BCUT2D eigenvalue weighted by Crippen LogP contribution is 2.34. The molecule has 0 radical (unpaired) electrons. The molecule has 1 aromatic heterocycles. The van der Waals surface area contributed by atoms with Crippen molar-refractivity contribution in [1.82, 2.24) is 4.90 Å². The van der Waals surface area contributed by atoms with Gasteiger partial charge in [0.05, 0.1) is 16.9 Å². The minimum atomic E-state index is -1.35. The number of halogens is 1. The Labute approximate surface area is 161 Å². The Morgan fingerprint density at radius 3 is 2.64 bits per heavy atom. The number of carbonyl (C=O) groups is 2. The molecule has 2 heterocycles. The summed E-state index contributed by atoms with van der Waals surface area (Å²) in [5.41, 5.74) is 0.904. The zero-order chi connectivity index (χ0) is 18.1. The lowest BCUT2D eigenvalue weighted by Gasteiger charge is -2.23. The molecule has 3 rings (SSSR count). The van der Waals surface area contributed by atoms with Crippen molar-refractivity contribution in [1.29, 1.82) is 0 Å². The second-order valence-electron chi connectivity index (χ2n) is 5.26. The molecule has 0 spiro atoms. The highest BCUT2D eigenvalue weighted by molar-refractivity contribution is 9.10. The van der Waals surface area contributed by atoms with Crippen LogP contribution in [-0.4, -0.2) is 27.1 Å². The average Bonchev–Trinajstić information content (AvgIpc) is 3.13. The van der Waals surface area contributed by atoms with Crippen LogP contribution in [0, 0.1) is 0 Å². The van der Waals surface area contributed by atoms with Gasteiger partial charge in [-0.3, -0.25) is 9.69 Å². The third kappa shape index (κ3) is 3.70. The van der Waals surface area contributed by atoms with Crippen molar-refractivity contribution < 1.29 is 19.1 Å². The molecular formula is C17H11BrNO4S2-. The first-order valence-electron chi connectivity index (χ1n) is 7.20. The van der Waals surface area contributed by atoms with Crippen LogP contribution >= 0.6 is 39.9 Å². The maximum Gasteiger partial charge on any atom is 0.266 e. The molecule has 128 valence electrons. The molecule has 2 aromatic rings. The highest BCUT2D eigenvalue weighted by Gasteiger charge is 2.36. The standard InChI is InChI=1S/C17H12BrNO4S2/c1-9(16(21)22)19-15(20)14(25-17(19)24)8-12-6-7-13(23-12)10-2-4-11(18)5-3-10/h2-9H,1H3,(H,21,22)/p-1/b14-8-/t9-/m0/s1. The quantitative estimate of drug-likeness (QED) is 0.541. The van der Waals surface area contributed by atoms with E-state index in [0.717, 1.165) is 26.7 Å². The van der Waals surface area contributed by atoms with E-state index in [9.17, 15) is 14.7 Å². The average molecular weight is 437 g/mol. The van der Waals surface area contributed by atoms with Crippen LogP contribution in [0.4, 0.5) is 0 Å². The fourth-order valence-electron chi connectivity index (χ4n) is 2.25. The van der Waals surface area contributed by atoms with Gasteiger partial charge in [0.1, 0.15) is 15.8 Å². The van der Waals surface area contributed by atoms with Crippen LogP contribution in [0.5, 0.6) is 0 Å². The van der Waals surface area contributed by atoms with Crippen LogP contribution in [0.3, 0.4) is 0 Å². The number of carboxylic acid groups (broad SMARTS) is 1. The maximum atomic E-state index is 12.4. The molecule has 0 unspecified atom stereocenters. The number of aliphatic carboxylic acids is 1. The Hall–Kier alpha value is -1.90. The predicted octanol–water partition coefficient (Wildman–Crippen LogP) is 3.05. The molecule has 1 aliphatic heterocycles. The SMILES string of the molecule is C[C@@H](C(=O)[O-])N1C(=O)/C(=C/c2ccc(-c3ccc(Br)cc3)o2)SC1=S. The summed E-state index contributed by atoms with van der Waals surface area (Å²) < 4.78 is 6.90. The maximum absolute atomic E-state index is 12.4. The first-order valence-corrected chi connectivity index (χ1v) is 9.22. The van der Waals surface area contributed by atoms with Crippen molar-refractivity contribution in [3.63, 3.8) is 0 Å². The number of amides is 1. The number of furan rings is 1. The first kappa shape index (κ1) is 17.9. The summed E-state index contributed by atoms with van der Waals surface area (Å²) in [7, 11) is 0. The van der Waals surface area contributed by atoms with Crippen LogP contribution in [-0.2, 0) is 9.59 Å². The van der Waals surface area contributed by atoms with E-state index in [1.807, 2.05) is 24.3 Å². The number of thioether (sulfide) groups is 1. The minimum absolute atomic E-state index is 0.188. The van der Waals surface area contributed by atoms with Crippen molar-refractivity contribution >= 4 is 62.2 Å². The number of benzene rings is 1. The molecule has 1 atom stereocenters. The summed E-state index contributed by atoms with van der Waals surface area (Å²) in [5, 5.41) is 11.0. The second-order valence-corrected chi connectivity index (χ2v) is 7.85.